The highest BCUT2D eigenvalue weighted by molar-refractivity contribution is 5.47. The molecule has 1 unspecified atom stereocenters. The van der Waals surface area contributed by atoms with E-state index in [0.717, 1.165) is 37.6 Å². The number of rotatable bonds is 4. The molecule has 1 aromatic rings. The molecule has 2 atom stereocenters. The van der Waals surface area contributed by atoms with Crippen LogP contribution in [-0.2, 0) is 4.74 Å². The van der Waals surface area contributed by atoms with Gasteiger partial charge in [0.25, 0.3) is 0 Å². The molecule has 0 spiro atoms. The van der Waals surface area contributed by atoms with E-state index in [4.69, 9.17) is 4.74 Å². The Kier molecular flexibility index (Phi) is 4.55. The van der Waals surface area contributed by atoms with Crippen molar-refractivity contribution in [2.24, 2.45) is 5.92 Å². The number of aliphatic hydroxyl groups excluding tert-OH is 1. The molecule has 18 heavy (non-hydrogen) atoms. The van der Waals surface area contributed by atoms with Gasteiger partial charge in [-0.05, 0) is 31.7 Å². The highest BCUT2D eigenvalue weighted by Crippen LogP contribution is 2.24. The molecule has 0 aliphatic carbocycles. The van der Waals surface area contributed by atoms with E-state index in [-0.39, 0.29) is 0 Å². The predicted octanol–water partition coefficient (Wildman–Crippen LogP) is 2.00. The molecule has 0 bridgehead atoms. The third kappa shape index (κ3) is 3.21. The van der Waals surface area contributed by atoms with Gasteiger partial charge in [0, 0.05) is 32.0 Å². The van der Waals surface area contributed by atoms with Crippen molar-refractivity contribution in [3.05, 3.63) is 23.9 Å². The Labute approximate surface area is 109 Å². The first kappa shape index (κ1) is 13.3. The molecule has 4 heteroatoms. The van der Waals surface area contributed by atoms with Gasteiger partial charge in [-0.25, -0.2) is 4.98 Å². The Morgan fingerprint density at radius 2 is 2.44 bits per heavy atom. The zero-order chi connectivity index (χ0) is 13.0. The van der Waals surface area contributed by atoms with E-state index in [1.54, 1.807) is 13.1 Å². The lowest BCUT2D eigenvalue weighted by Gasteiger charge is -2.29. The van der Waals surface area contributed by atoms with Crippen LogP contribution in [0.3, 0.4) is 0 Å². The minimum atomic E-state index is -0.487. The second-order valence-corrected chi connectivity index (χ2v) is 5.06. The van der Waals surface area contributed by atoms with Crippen molar-refractivity contribution in [2.45, 2.75) is 25.9 Å². The summed E-state index contributed by atoms with van der Waals surface area (Å²) in [4.78, 5) is 6.52. The van der Waals surface area contributed by atoms with Crippen LogP contribution in [0.1, 0.15) is 31.4 Å². The molecule has 2 heterocycles. The van der Waals surface area contributed by atoms with E-state index in [1.165, 1.54) is 6.42 Å². The third-order valence-electron chi connectivity index (χ3n) is 3.42. The van der Waals surface area contributed by atoms with Crippen LogP contribution >= 0.6 is 0 Å². The molecule has 1 N–H and O–H groups in total. The molecule has 0 saturated carbocycles. The van der Waals surface area contributed by atoms with Crippen molar-refractivity contribution in [1.29, 1.82) is 0 Å². The number of hydrogen-bond acceptors (Lipinski definition) is 4. The van der Waals surface area contributed by atoms with Crippen LogP contribution in [0.4, 0.5) is 5.82 Å². The maximum Gasteiger partial charge on any atom is 0.134 e. The zero-order valence-electron chi connectivity index (χ0n) is 11.2. The number of hydrogen-bond donors (Lipinski definition) is 1. The van der Waals surface area contributed by atoms with Crippen molar-refractivity contribution in [1.82, 2.24) is 4.98 Å². The average Bonchev–Trinajstić information content (AvgIpc) is 2.40. The molecule has 1 saturated heterocycles. The van der Waals surface area contributed by atoms with E-state index in [0.29, 0.717) is 5.92 Å². The molecule has 2 rings (SSSR count). The molecule has 1 aromatic heterocycles. The Morgan fingerprint density at radius 3 is 3.11 bits per heavy atom. The van der Waals surface area contributed by atoms with Crippen LogP contribution in [0.15, 0.2) is 18.3 Å². The number of pyridine rings is 1. The lowest BCUT2D eigenvalue weighted by molar-refractivity contribution is 0.0575. The number of nitrogens with zero attached hydrogens (tertiary/aromatic N) is 2. The molecular weight excluding hydrogens is 228 g/mol. The first-order valence-corrected chi connectivity index (χ1v) is 6.60. The van der Waals surface area contributed by atoms with Gasteiger partial charge in [0.05, 0.1) is 12.7 Å². The number of ether oxygens (including phenoxy) is 1. The summed E-state index contributed by atoms with van der Waals surface area (Å²) < 4.78 is 5.50. The van der Waals surface area contributed by atoms with Crippen LogP contribution in [-0.4, -0.2) is 36.9 Å². The zero-order valence-corrected chi connectivity index (χ0v) is 11.2. The lowest BCUT2D eigenvalue weighted by Crippen LogP contribution is -2.32. The van der Waals surface area contributed by atoms with Gasteiger partial charge < -0.3 is 14.7 Å². The first-order chi connectivity index (χ1) is 8.68. The van der Waals surface area contributed by atoms with Gasteiger partial charge >= 0.3 is 0 Å². The van der Waals surface area contributed by atoms with Crippen LogP contribution in [0, 0.1) is 5.92 Å². The molecular formula is C14H22N2O2. The highest BCUT2D eigenvalue weighted by atomic mass is 16.5. The largest absolute Gasteiger partial charge is 0.389 e. The fourth-order valence-electron chi connectivity index (χ4n) is 2.48. The number of aliphatic hydroxyl groups is 1. The molecule has 0 amide bonds. The molecule has 0 aromatic carbocycles. The van der Waals surface area contributed by atoms with Crippen molar-refractivity contribution in [2.75, 3.05) is 31.7 Å². The molecule has 100 valence electrons. The van der Waals surface area contributed by atoms with Gasteiger partial charge in [-0.3, -0.25) is 0 Å². The Morgan fingerprint density at radius 1 is 1.61 bits per heavy atom. The second kappa shape index (κ2) is 6.16. The van der Waals surface area contributed by atoms with Crippen LogP contribution < -0.4 is 4.90 Å². The number of aromatic nitrogens is 1. The molecule has 0 radical (unpaired) electrons. The van der Waals surface area contributed by atoms with Crippen LogP contribution in [0.5, 0.6) is 0 Å². The third-order valence-corrected chi connectivity index (χ3v) is 3.42. The SMILES string of the molecule is C[C@H](O)c1cccnc1N(C)CC1CCCOC1. The Bertz CT molecular complexity index is 376. The monoisotopic (exact) mass is 250 g/mol. The van der Waals surface area contributed by atoms with E-state index in [9.17, 15) is 5.11 Å². The smallest absolute Gasteiger partial charge is 0.134 e. The fourth-order valence-corrected chi connectivity index (χ4v) is 2.48. The van der Waals surface area contributed by atoms with Crippen molar-refractivity contribution >= 4 is 5.82 Å². The summed E-state index contributed by atoms with van der Waals surface area (Å²) >= 11 is 0. The predicted molar refractivity (Wildman–Crippen MR) is 71.7 cm³/mol. The van der Waals surface area contributed by atoms with E-state index in [1.807, 2.05) is 19.2 Å². The van der Waals surface area contributed by atoms with E-state index < -0.39 is 6.10 Å². The summed E-state index contributed by atoms with van der Waals surface area (Å²) in [6.07, 6.45) is 3.64. The molecule has 1 aliphatic heterocycles. The van der Waals surface area contributed by atoms with Crippen LogP contribution in [0.2, 0.25) is 0 Å². The van der Waals surface area contributed by atoms with Gasteiger partial charge in [-0.15, -0.1) is 0 Å². The van der Waals surface area contributed by atoms with Crippen molar-refractivity contribution in [3.8, 4) is 0 Å². The minimum Gasteiger partial charge on any atom is -0.389 e. The summed E-state index contributed by atoms with van der Waals surface area (Å²) in [5.74, 6) is 1.44. The van der Waals surface area contributed by atoms with Gasteiger partial charge in [0.15, 0.2) is 0 Å². The summed E-state index contributed by atoms with van der Waals surface area (Å²) in [6, 6.07) is 3.80. The summed E-state index contributed by atoms with van der Waals surface area (Å²) in [5, 5.41) is 9.77. The van der Waals surface area contributed by atoms with Gasteiger partial charge in [-0.2, -0.15) is 0 Å². The summed E-state index contributed by atoms with van der Waals surface area (Å²) in [6.45, 7) is 4.43. The highest BCUT2D eigenvalue weighted by Gasteiger charge is 2.19. The molecule has 1 aliphatic rings. The summed E-state index contributed by atoms with van der Waals surface area (Å²) in [7, 11) is 2.03. The average molecular weight is 250 g/mol. The Hall–Kier alpha value is -1.13. The second-order valence-electron chi connectivity index (χ2n) is 5.06. The van der Waals surface area contributed by atoms with Gasteiger partial charge in [0.1, 0.15) is 5.82 Å². The first-order valence-electron chi connectivity index (χ1n) is 6.60. The van der Waals surface area contributed by atoms with Gasteiger partial charge in [-0.1, -0.05) is 6.07 Å². The number of anilines is 1. The summed E-state index contributed by atoms with van der Waals surface area (Å²) in [5.41, 5.74) is 0.886. The van der Waals surface area contributed by atoms with Crippen LogP contribution in [0.25, 0.3) is 0 Å². The quantitative estimate of drug-likeness (QED) is 0.887. The van der Waals surface area contributed by atoms with E-state index in [2.05, 4.69) is 9.88 Å². The molecule has 1 fully saturated rings. The normalized spacial score (nSPS) is 21.6. The lowest BCUT2D eigenvalue weighted by atomic mass is 10.0. The maximum absolute atomic E-state index is 9.77. The standard InChI is InChI=1S/C14H22N2O2/c1-11(17)13-6-3-7-15-14(13)16(2)9-12-5-4-8-18-10-12/h3,6-7,11-12,17H,4-5,8-10H2,1-2H3/t11-,12?/m0/s1. The Balaban J connectivity index is 2.05. The van der Waals surface area contributed by atoms with Crippen molar-refractivity contribution in [3.63, 3.8) is 0 Å². The van der Waals surface area contributed by atoms with Crippen molar-refractivity contribution < 1.29 is 9.84 Å². The fraction of sp³-hybridized carbons (Fsp3) is 0.643. The molecule has 4 nitrogen and oxygen atoms in total. The minimum absolute atomic E-state index is 0.487. The topological polar surface area (TPSA) is 45.6 Å². The van der Waals surface area contributed by atoms with Gasteiger partial charge in [0.2, 0.25) is 0 Å². The maximum atomic E-state index is 9.77. The van der Waals surface area contributed by atoms with E-state index >= 15 is 0 Å².